The molecule has 0 aliphatic carbocycles. The lowest BCUT2D eigenvalue weighted by Gasteiger charge is -2.03. The van der Waals surface area contributed by atoms with Gasteiger partial charge >= 0.3 is 0 Å². The summed E-state index contributed by atoms with van der Waals surface area (Å²) in [7, 11) is 0. The largest absolute Gasteiger partial charge is 0.469 e. The molecule has 1 aromatic heterocycles. The smallest absolute Gasteiger partial charge is 0.202 e. The zero-order chi connectivity index (χ0) is 8.97. The van der Waals surface area contributed by atoms with Gasteiger partial charge in [-0.2, -0.15) is 0 Å². The second kappa shape index (κ2) is 4.33. The lowest BCUT2D eigenvalue weighted by molar-refractivity contribution is -0.112. The zero-order valence-corrected chi connectivity index (χ0v) is 7.46. The van der Waals surface area contributed by atoms with E-state index in [4.69, 9.17) is 10.2 Å². The van der Waals surface area contributed by atoms with E-state index in [1.54, 1.807) is 6.26 Å². The fraction of sp³-hybridized carbons (Fsp3) is 0.375. The third-order valence-corrected chi connectivity index (χ3v) is 1.93. The Hall–Kier alpha value is -0.740. The van der Waals surface area contributed by atoms with Gasteiger partial charge in [0.15, 0.2) is 0 Å². The lowest BCUT2D eigenvalue weighted by atomic mass is 10.1. The molecule has 0 aliphatic rings. The van der Waals surface area contributed by atoms with E-state index >= 15 is 0 Å². The highest BCUT2D eigenvalue weighted by molar-refractivity contribution is 7.96. The van der Waals surface area contributed by atoms with Gasteiger partial charge in [0.1, 0.15) is 5.76 Å². The molecule has 0 aromatic carbocycles. The predicted octanol–water partition coefficient (Wildman–Crippen LogP) is 0.996. The van der Waals surface area contributed by atoms with E-state index in [0.717, 1.165) is 5.76 Å². The van der Waals surface area contributed by atoms with E-state index in [1.165, 1.54) is 0 Å². The third-order valence-electron chi connectivity index (χ3n) is 1.60. The monoisotopic (exact) mass is 185 g/mol. The highest BCUT2D eigenvalue weighted by Gasteiger charge is 2.09. The van der Waals surface area contributed by atoms with Crippen LogP contribution >= 0.6 is 12.6 Å². The van der Waals surface area contributed by atoms with Crippen LogP contribution in [0.15, 0.2) is 22.8 Å². The van der Waals surface area contributed by atoms with Gasteiger partial charge in [0.05, 0.1) is 12.3 Å². The van der Waals surface area contributed by atoms with E-state index in [9.17, 15) is 4.79 Å². The standard InChI is InChI=1S/C8H11NO2S/c9-7(8(10)12)4-3-6-2-1-5-11-6/h1-2,5,7H,3-4,9H2,(H,10,12)/t7-/m0/s1. The number of carbonyl (C=O) groups excluding carboxylic acids is 1. The van der Waals surface area contributed by atoms with Gasteiger partial charge in [-0.25, -0.2) is 0 Å². The molecule has 1 heterocycles. The molecular weight excluding hydrogens is 174 g/mol. The Morgan fingerprint density at radius 3 is 3.00 bits per heavy atom. The van der Waals surface area contributed by atoms with Crippen LogP contribution < -0.4 is 5.73 Å². The highest BCUT2D eigenvalue weighted by atomic mass is 32.1. The minimum absolute atomic E-state index is 0.276. The average Bonchev–Trinajstić information content (AvgIpc) is 2.51. The van der Waals surface area contributed by atoms with Crippen molar-refractivity contribution in [3.8, 4) is 0 Å². The molecule has 1 atom stereocenters. The Morgan fingerprint density at radius 2 is 2.50 bits per heavy atom. The van der Waals surface area contributed by atoms with Gasteiger partial charge in [-0.1, -0.05) is 0 Å². The maximum Gasteiger partial charge on any atom is 0.202 e. The molecule has 66 valence electrons. The number of hydrogen-bond acceptors (Lipinski definition) is 3. The molecule has 1 aromatic rings. The number of hydrogen-bond donors (Lipinski definition) is 2. The van der Waals surface area contributed by atoms with Crippen molar-refractivity contribution in [3.63, 3.8) is 0 Å². The first-order chi connectivity index (χ1) is 5.70. The summed E-state index contributed by atoms with van der Waals surface area (Å²) in [5.74, 6) is 0.847. The molecule has 0 saturated carbocycles. The fourth-order valence-electron chi connectivity index (χ4n) is 0.876. The molecule has 0 bridgehead atoms. The molecule has 4 heteroatoms. The Morgan fingerprint density at radius 1 is 1.75 bits per heavy atom. The average molecular weight is 185 g/mol. The Kier molecular flexibility index (Phi) is 3.37. The van der Waals surface area contributed by atoms with Crippen molar-refractivity contribution in [1.29, 1.82) is 0 Å². The van der Waals surface area contributed by atoms with E-state index in [0.29, 0.717) is 12.8 Å². The van der Waals surface area contributed by atoms with Crippen molar-refractivity contribution in [2.45, 2.75) is 18.9 Å². The van der Waals surface area contributed by atoms with Crippen LogP contribution in [0.3, 0.4) is 0 Å². The van der Waals surface area contributed by atoms with Gasteiger partial charge in [0, 0.05) is 6.42 Å². The summed E-state index contributed by atoms with van der Waals surface area (Å²) >= 11 is 3.63. The first-order valence-electron chi connectivity index (χ1n) is 3.71. The summed E-state index contributed by atoms with van der Waals surface area (Å²) < 4.78 is 5.07. The van der Waals surface area contributed by atoms with Gasteiger partial charge in [-0.05, 0) is 18.6 Å². The second-order valence-electron chi connectivity index (χ2n) is 2.56. The van der Waals surface area contributed by atoms with E-state index in [2.05, 4.69) is 12.6 Å². The fourth-order valence-corrected chi connectivity index (χ4v) is 1.01. The number of nitrogens with two attached hydrogens (primary N) is 1. The number of rotatable bonds is 4. The number of aryl methyl sites for hydroxylation is 1. The zero-order valence-electron chi connectivity index (χ0n) is 6.56. The van der Waals surface area contributed by atoms with E-state index in [-0.39, 0.29) is 5.12 Å². The van der Waals surface area contributed by atoms with E-state index in [1.807, 2.05) is 12.1 Å². The highest BCUT2D eigenvalue weighted by Crippen LogP contribution is 2.05. The van der Waals surface area contributed by atoms with Crippen LogP contribution in [0.5, 0.6) is 0 Å². The van der Waals surface area contributed by atoms with Crippen LogP contribution in [0.4, 0.5) is 0 Å². The SMILES string of the molecule is N[C@@H](CCc1ccco1)C(=O)S. The van der Waals surface area contributed by atoms with Crippen molar-refractivity contribution in [2.75, 3.05) is 0 Å². The van der Waals surface area contributed by atoms with Crippen molar-refractivity contribution in [1.82, 2.24) is 0 Å². The summed E-state index contributed by atoms with van der Waals surface area (Å²) in [6.45, 7) is 0. The number of carbonyl (C=O) groups is 1. The van der Waals surface area contributed by atoms with Gasteiger partial charge in [0.2, 0.25) is 5.12 Å². The summed E-state index contributed by atoms with van der Waals surface area (Å²) in [4.78, 5) is 10.6. The summed E-state index contributed by atoms with van der Waals surface area (Å²) in [6, 6.07) is 3.18. The maximum atomic E-state index is 10.6. The van der Waals surface area contributed by atoms with Gasteiger partial charge in [-0.15, -0.1) is 12.6 Å². The normalized spacial score (nSPS) is 12.8. The molecule has 2 N–H and O–H groups in total. The molecule has 1 rings (SSSR count). The molecule has 0 unspecified atom stereocenters. The lowest BCUT2D eigenvalue weighted by Crippen LogP contribution is -2.27. The quantitative estimate of drug-likeness (QED) is 0.688. The topological polar surface area (TPSA) is 56.2 Å². The third kappa shape index (κ3) is 2.71. The molecule has 0 saturated heterocycles. The van der Waals surface area contributed by atoms with Crippen LogP contribution in [0.2, 0.25) is 0 Å². The Balaban J connectivity index is 2.31. The van der Waals surface area contributed by atoms with Crippen molar-refractivity contribution in [3.05, 3.63) is 24.2 Å². The molecule has 0 fully saturated rings. The predicted molar refractivity (Wildman–Crippen MR) is 49.0 cm³/mol. The molecule has 12 heavy (non-hydrogen) atoms. The first kappa shape index (κ1) is 9.35. The van der Waals surface area contributed by atoms with Crippen LogP contribution in [0.1, 0.15) is 12.2 Å². The first-order valence-corrected chi connectivity index (χ1v) is 4.15. The van der Waals surface area contributed by atoms with Gasteiger partial charge in [-0.3, -0.25) is 4.79 Å². The molecular formula is C8H11NO2S. The summed E-state index contributed by atoms with van der Waals surface area (Å²) in [5.41, 5.74) is 5.47. The van der Waals surface area contributed by atoms with Gasteiger partial charge < -0.3 is 10.2 Å². The Bertz CT molecular complexity index is 246. The number of thiol groups is 1. The van der Waals surface area contributed by atoms with Crippen LogP contribution in [0, 0.1) is 0 Å². The van der Waals surface area contributed by atoms with E-state index < -0.39 is 6.04 Å². The number of furan rings is 1. The summed E-state index contributed by atoms with van der Waals surface area (Å²) in [5, 5.41) is -0.276. The molecule has 0 aliphatic heterocycles. The Labute approximate surface area is 76.3 Å². The van der Waals surface area contributed by atoms with Crippen molar-refractivity contribution >= 4 is 17.7 Å². The minimum atomic E-state index is -0.488. The van der Waals surface area contributed by atoms with Crippen molar-refractivity contribution < 1.29 is 9.21 Å². The molecule has 0 amide bonds. The van der Waals surface area contributed by atoms with Gasteiger partial charge in [0.25, 0.3) is 0 Å². The van der Waals surface area contributed by atoms with Crippen LogP contribution in [-0.4, -0.2) is 11.2 Å². The van der Waals surface area contributed by atoms with Crippen LogP contribution in [0.25, 0.3) is 0 Å². The second-order valence-corrected chi connectivity index (χ2v) is 3.00. The molecule has 0 spiro atoms. The summed E-state index contributed by atoms with van der Waals surface area (Å²) in [6.07, 6.45) is 2.86. The van der Waals surface area contributed by atoms with Crippen molar-refractivity contribution in [2.24, 2.45) is 5.73 Å². The molecule has 0 radical (unpaired) electrons. The minimum Gasteiger partial charge on any atom is -0.469 e. The maximum absolute atomic E-state index is 10.6. The molecule has 3 nitrogen and oxygen atoms in total. The van der Waals surface area contributed by atoms with Crippen LogP contribution in [-0.2, 0) is 11.2 Å².